The SMILES string of the molecule is O=C(CNC(=O)c1ccc(N2CCCC2=O)cc1)NCCNC(=O)c1ccco1. The summed E-state index contributed by atoms with van der Waals surface area (Å²) in [6.07, 6.45) is 2.78. The molecule has 29 heavy (non-hydrogen) atoms. The van der Waals surface area contributed by atoms with Crippen molar-refractivity contribution in [3.05, 3.63) is 54.0 Å². The van der Waals surface area contributed by atoms with Gasteiger partial charge in [-0.25, -0.2) is 0 Å². The van der Waals surface area contributed by atoms with Crippen LogP contribution in [0.4, 0.5) is 5.69 Å². The molecule has 0 radical (unpaired) electrons. The quantitative estimate of drug-likeness (QED) is 0.565. The molecule has 0 spiro atoms. The first-order valence-corrected chi connectivity index (χ1v) is 9.31. The molecule has 1 aromatic heterocycles. The van der Waals surface area contributed by atoms with Gasteiger partial charge in [0.1, 0.15) is 0 Å². The van der Waals surface area contributed by atoms with E-state index in [4.69, 9.17) is 4.42 Å². The highest BCUT2D eigenvalue weighted by Gasteiger charge is 2.21. The number of nitrogens with one attached hydrogen (secondary N) is 3. The van der Waals surface area contributed by atoms with Crippen molar-refractivity contribution in [2.75, 3.05) is 31.1 Å². The van der Waals surface area contributed by atoms with E-state index >= 15 is 0 Å². The number of nitrogens with zero attached hydrogens (tertiary/aromatic N) is 1. The van der Waals surface area contributed by atoms with Crippen molar-refractivity contribution < 1.29 is 23.6 Å². The monoisotopic (exact) mass is 398 g/mol. The van der Waals surface area contributed by atoms with Crippen molar-refractivity contribution in [2.45, 2.75) is 12.8 Å². The van der Waals surface area contributed by atoms with Crippen LogP contribution in [0.3, 0.4) is 0 Å². The van der Waals surface area contributed by atoms with E-state index in [9.17, 15) is 19.2 Å². The predicted octanol–water partition coefficient (Wildman–Crippen LogP) is 0.682. The Morgan fingerprint density at radius 3 is 2.38 bits per heavy atom. The van der Waals surface area contributed by atoms with Crippen LogP contribution in [0.1, 0.15) is 33.8 Å². The third-order valence-electron chi connectivity index (χ3n) is 4.40. The van der Waals surface area contributed by atoms with E-state index in [1.165, 1.54) is 6.26 Å². The first-order chi connectivity index (χ1) is 14.0. The Hall–Kier alpha value is -3.62. The number of carbonyl (C=O) groups excluding carboxylic acids is 4. The molecule has 1 aliphatic heterocycles. The van der Waals surface area contributed by atoms with Crippen LogP contribution in [0.25, 0.3) is 0 Å². The molecule has 2 heterocycles. The van der Waals surface area contributed by atoms with E-state index in [2.05, 4.69) is 16.0 Å². The van der Waals surface area contributed by atoms with E-state index in [0.29, 0.717) is 18.5 Å². The van der Waals surface area contributed by atoms with Gasteiger partial charge in [0, 0.05) is 37.3 Å². The van der Waals surface area contributed by atoms with Gasteiger partial charge in [-0.2, -0.15) is 0 Å². The Bertz CT molecular complexity index is 877. The van der Waals surface area contributed by atoms with Gasteiger partial charge in [-0.1, -0.05) is 0 Å². The fraction of sp³-hybridized carbons (Fsp3) is 0.300. The third-order valence-corrected chi connectivity index (χ3v) is 4.40. The summed E-state index contributed by atoms with van der Waals surface area (Å²) >= 11 is 0. The van der Waals surface area contributed by atoms with Crippen molar-refractivity contribution in [3.63, 3.8) is 0 Å². The molecule has 1 saturated heterocycles. The van der Waals surface area contributed by atoms with Crippen LogP contribution >= 0.6 is 0 Å². The maximum atomic E-state index is 12.2. The minimum Gasteiger partial charge on any atom is -0.459 e. The minimum atomic E-state index is -0.384. The number of hydrogen-bond donors (Lipinski definition) is 3. The van der Waals surface area contributed by atoms with Crippen LogP contribution in [0.15, 0.2) is 47.1 Å². The lowest BCUT2D eigenvalue weighted by atomic mass is 10.2. The molecule has 9 heteroatoms. The van der Waals surface area contributed by atoms with Crippen LogP contribution in [0, 0.1) is 0 Å². The molecular weight excluding hydrogens is 376 g/mol. The topological polar surface area (TPSA) is 121 Å². The second-order valence-corrected chi connectivity index (χ2v) is 6.46. The van der Waals surface area contributed by atoms with Gasteiger partial charge >= 0.3 is 0 Å². The summed E-state index contributed by atoms with van der Waals surface area (Å²) in [6.45, 7) is 0.958. The molecule has 0 unspecified atom stereocenters. The molecular formula is C20H22N4O5. The molecule has 152 valence electrons. The molecule has 0 atom stereocenters. The van der Waals surface area contributed by atoms with Gasteiger partial charge in [-0.3, -0.25) is 19.2 Å². The normalized spacial score (nSPS) is 13.2. The molecule has 4 amide bonds. The Kier molecular flexibility index (Phi) is 6.62. The van der Waals surface area contributed by atoms with Crippen LogP contribution in [0.2, 0.25) is 0 Å². The molecule has 3 rings (SSSR count). The largest absolute Gasteiger partial charge is 0.459 e. The zero-order chi connectivity index (χ0) is 20.6. The molecule has 1 aromatic carbocycles. The fourth-order valence-corrected chi connectivity index (χ4v) is 2.91. The Morgan fingerprint density at radius 1 is 0.966 bits per heavy atom. The zero-order valence-electron chi connectivity index (χ0n) is 15.8. The summed E-state index contributed by atoms with van der Waals surface area (Å²) in [5.41, 5.74) is 1.16. The average molecular weight is 398 g/mol. The van der Waals surface area contributed by atoms with E-state index < -0.39 is 0 Å². The highest BCUT2D eigenvalue weighted by atomic mass is 16.3. The predicted molar refractivity (Wildman–Crippen MR) is 104 cm³/mol. The molecule has 1 aliphatic rings. The third kappa shape index (κ3) is 5.44. The van der Waals surface area contributed by atoms with Crippen molar-refractivity contribution in [1.82, 2.24) is 16.0 Å². The Morgan fingerprint density at radius 2 is 1.72 bits per heavy atom. The lowest BCUT2D eigenvalue weighted by molar-refractivity contribution is -0.120. The standard InChI is InChI=1S/C20H22N4O5/c25-17(21-9-10-22-20(28)16-3-2-12-29-16)13-23-19(27)14-5-7-15(8-6-14)24-11-1-4-18(24)26/h2-3,5-8,12H,1,4,9-11,13H2,(H,21,25)(H,22,28)(H,23,27). The number of hydrogen-bond acceptors (Lipinski definition) is 5. The maximum Gasteiger partial charge on any atom is 0.287 e. The van der Waals surface area contributed by atoms with Crippen molar-refractivity contribution in [1.29, 1.82) is 0 Å². The lowest BCUT2D eigenvalue weighted by Gasteiger charge is -2.15. The van der Waals surface area contributed by atoms with E-state index in [1.807, 2.05) is 0 Å². The number of amides is 4. The van der Waals surface area contributed by atoms with Gasteiger partial charge in [0.2, 0.25) is 11.8 Å². The van der Waals surface area contributed by atoms with Crippen LogP contribution in [0.5, 0.6) is 0 Å². The Labute approximate surface area is 167 Å². The van der Waals surface area contributed by atoms with E-state index in [1.54, 1.807) is 41.3 Å². The van der Waals surface area contributed by atoms with Gasteiger partial charge in [-0.15, -0.1) is 0 Å². The fourth-order valence-electron chi connectivity index (χ4n) is 2.91. The first kappa shape index (κ1) is 20.1. The molecule has 0 bridgehead atoms. The molecule has 0 aliphatic carbocycles. The van der Waals surface area contributed by atoms with Gasteiger partial charge < -0.3 is 25.3 Å². The van der Waals surface area contributed by atoms with Gasteiger partial charge in [0.15, 0.2) is 5.76 Å². The summed E-state index contributed by atoms with van der Waals surface area (Å²) in [5.74, 6) is -0.838. The van der Waals surface area contributed by atoms with Crippen LogP contribution in [-0.2, 0) is 9.59 Å². The molecule has 3 N–H and O–H groups in total. The van der Waals surface area contributed by atoms with Crippen molar-refractivity contribution in [2.24, 2.45) is 0 Å². The lowest BCUT2D eigenvalue weighted by Crippen LogP contribution is -2.40. The summed E-state index contributed by atoms with van der Waals surface area (Å²) in [4.78, 5) is 49.1. The molecule has 9 nitrogen and oxygen atoms in total. The summed E-state index contributed by atoms with van der Waals surface area (Å²) in [5, 5.41) is 7.73. The van der Waals surface area contributed by atoms with Crippen molar-refractivity contribution >= 4 is 29.3 Å². The van der Waals surface area contributed by atoms with Crippen LogP contribution in [-0.4, -0.2) is 49.8 Å². The van der Waals surface area contributed by atoms with Gasteiger partial charge in [0.25, 0.3) is 11.8 Å². The maximum absolute atomic E-state index is 12.2. The number of furan rings is 1. The second-order valence-electron chi connectivity index (χ2n) is 6.46. The number of anilines is 1. The highest BCUT2D eigenvalue weighted by molar-refractivity contribution is 5.98. The summed E-state index contributed by atoms with van der Waals surface area (Å²) < 4.78 is 4.96. The summed E-state index contributed by atoms with van der Waals surface area (Å²) in [6, 6.07) is 9.84. The van der Waals surface area contributed by atoms with Crippen molar-refractivity contribution in [3.8, 4) is 0 Å². The summed E-state index contributed by atoms with van der Waals surface area (Å²) in [7, 11) is 0. The average Bonchev–Trinajstić information content (AvgIpc) is 3.41. The van der Waals surface area contributed by atoms with E-state index in [-0.39, 0.29) is 49.0 Å². The number of benzene rings is 1. The Balaban J connectivity index is 1.35. The van der Waals surface area contributed by atoms with Gasteiger partial charge in [0.05, 0.1) is 12.8 Å². The van der Waals surface area contributed by atoms with Gasteiger partial charge in [-0.05, 0) is 42.8 Å². The second kappa shape index (κ2) is 9.54. The molecule has 0 saturated carbocycles. The first-order valence-electron chi connectivity index (χ1n) is 9.31. The number of rotatable bonds is 8. The number of carbonyl (C=O) groups is 4. The smallest absolute Gasteiger partial charge is 0.287 e. The minimum absolute atomic E-state index is 0.0826. The van der Waals surface area contributed by atoms with Crippen LogP contribution < -0.4 is 20.9 Å². The zero-order valence-corrected chi connectivity index (χ0v) is 15.8. The molecule has 2 aromatic rings. The highest BCUT2D eigenvalue weighted by Crippen LogP contribution is 2.21. The van der Waals surface area contributed by atoms with E-state index in [0.717, 1.165) is 12.1 Å². The molecule has 1 fully saturated rings.